The molecule has 0 spiro atoms. The number of carbonyl (C=O) groups excluding carboxylic acids is 5. The summed E-state index contributed by atoms with van der Waals surface area (Å²) in [7, 11) is 2.14. The number of hydrogen-bond donors (Lipinski definition) is 1. The van der Waals surface area contributed by atoms with Crippen LogP contribution >= 0.6 is 0 Å². The van der Waals surface area contributed by atoms with E-state index in [0.29, 0.717) is 11.1 Å². The third-order valence-corrected chi connectivity index (χ3v) is 14.1. The summed E-state index contributed by atoms with van der Waals surface area (Å²) >= 11 is 0. The summed E-state index contributed by atoms with van der Waals surface area (Å²) < 4.78 is 55.6. The number of ether oxygens (including phenoxy) is 7. The third kappa shape index (κ3) is 6.98. The molecule has 61 heavy (non-hydrogen) atoms. The van der Waals surface area contributed by atoms with Gasteiger partial charge in [0, 0.05) is 27.4 Å². The summed E-state index contributed by atoms with van der Waals surface area (Å²) in [6.07, 6.45) is -8.19. The van der Waals surface area contributed by atoms with Crippen LogP contribution in [0.1, 0.15) is 90.2 Å². The van der Waals surface area contributed by atoms with Crippen molar-refractivity contribution in [1.82, 2.24) is 4.90 Å². The van der Waals surface area contributed by atoms with E-state index in [4.69, 9.17) is 33.2 Å². The molecule has 0 radical (unpaired) electrons. The van der Waals surface area contributed by atoms with E-state index in [9.17, 15) is 29.0 Å². The minimum atomic E-state index is -2.26. The molecule has 15 nitrogen and oxygen atoms in total. The van der Waals surface area contributed by atoms with E-state index in [-0.39, 0.29) is 30.6 Å². The van der Waals surface area contributed by atoms with Crippen LogP contribution in [0.3, 0.4) is 0 Å². The maximum atomic E-state index is 15.8. The normalized spacial score (nSPS) is 36.1. The topological polar surface area (TPSA) is 190 Å². The van der Waals surface area contributed by atoms with Crippen LogP contribution in [-0.4, -0.2) is 121 Å². The number of nitrogens with zero attached hydrogens (tertiary/aromatic N) is 1. The number of ketones is 1. The second-order valence-corrected chi connectivity index (χ2v) is 18.0. The van der Waals surface area contributed by atoms with Gasteiger partial charge in [0.2, 0.25) is 0 Å². The zero-order chi connectivity index (χ0) is 44.4. The molecule has 0 aromatic heterocycles. The molecule has 7 rings (SSSR count). The summed E-state index contributed by atoms with van der Waals surface area (Å²) in [5, 5.41) is 13.9. The summed E-state index contributed by atoms with van der Waals surface area (Å²) in [5.74, 6) is -5.24. The number of hydrogen-bond acceptors (Lipinski definition) is 15. The van der Waals surface area contributed by atoms with Gasteiger partial charge in [-0.1, -0.05) is 18.2 Å². The van der Waals surface area contributed by atoms with Crippen LogP contribution in [0.2, 0.25) is 0 Å². The fourth-order valence-electron chi connectivity index (χ4n) is 11.1. The SMILES string of the molecule is COC1CC2OC[C@@]2(OC(C)=O)C2C(OC(=O)c3ccccc3)C3(O)CC(OC(=O)C4OC(C)(C)N(CB=O)C4c4ccccc4)C(C)=C(C(OC(C)=O)C(=O)[C@]12C)C3(C)C. The van der Waals surface area contributed by atoms with Gasteiger partial charge < -0.3 is 14.2 Å². The monoisotopic (exact) mass is 843 g/mol. The summed E-state index contributed by atoms with van der Waals surface area (Å²) in [4.78, 5) is 72.8. The molecular weight excluding hydrogens is 789 g/mol. The van der Waals surface area contributed by atoms with E-state index in [0.717, 1.165) is 14.1 Å². The van der Waals surface area contributed by atoms with Gasteiger partial charge in [-0.3, -0.25) is 9.59 Å². The molecule has 2 aromatic rings. The summed E-state index contributed by atoms with van der Waals surface area (Å²) in [6, 6.07) is 16.4. The molecule has 2 bridgehead atoms. The first-order valence-electron chi connectivity index (χ1n) is 20.6. The van der Waals surface area contributed by atoms with Crippen LogP contribution < -0.4 is 0 Å². The maximum absolute atomic E-state index is 15.8. The van der Waals surface area contributed by atoms with Gasteiger partial charge in [0.25, 0.3) is 0 Å². The van der Waals surface area contributed by atoms with Gasteiger partial charge in [-0.05, 0) is 19.1 Å². The predicted octanol–water partition coefficient (Wildman–Crippen LogP) is 4.04. The molecule has 2 saturated carbocycles. The van der Waals surface area contributed by atoms with Gasteiger partial charge in [-0.15, -0.1) is 0 Å². The van der Waals surface area contributed by atoms with Crippen molar-refractivity contribution in [1.29, 1.82) is 0 Å². The van der Waals surface area contributed by atoms with Gasteiger partial charge in [-0.25, -0.2) is 4.79 Å². The van der Waals surface area contributed by atoms with Gasteiger partial charge in [0.15, 0.2) is 0 Å². The van der Waals surface area contributed by atoms with Gasteiger partial charge >= 0.3 is 239 Å². The summed E-state index contributed by atoms with van der Waals surface area (Å²) in [6.45, 7) is 12.2. The van der Waals surface area contributed by atoms with E-state index in [1.807, 2.05) is 18.2 Å². The van der Waals surface area contributed by atoms with Crippen molar-refractivity contribution in [2.45, 2.75) is 128 Å². The van der Waals surface area contributed by atoms with Gasteiger partial charge in [0.1, 0.15) is 6.10 Å². The number of fused-ring (bicyclic) bond motifs is 5. The Bertz CT molecular complexity index is 2130. The fourth-order valence-corrected chi connectivity index (χ4v) is 11.1. The van der Waals surface area contributed by atoms with Crippen LogP contribution in [0.4, 0.5) is 0 Å². The Morgan fingerprint density at radius 1 is 0.918 bits per heavy atom. The zero-order valence-corrected chi connectivity index (χ0v) is 36.0. The number of methoxy groups -OCH3 is 1. The van der Waals surface area contributed by atoms with Crippen molar-refractivity contribution in [2.75, 3.05) is 20.2 Å². The Kier molecular flexibility index (Phi) is 11.6. The molecule has 3 aliphatic carbocycles. The molecule has 2 aliphatic heterocycles. The number of benzene rings is 2. The van der Waals surface area contributed by atoms with Crippen LogP contribution in [-0.2, 0) is 57.0 Å². The molecule has 4 fully saturated rings. The standard InChI is InChI=1S/C45H54BNO14/c1-24-29(58-40(52)35-33(27-16-12-10-13-17-27)47(23-46-54)42(6,7)61-35)21-45(53)38(59-39(51)28-18-14-11-15-19-28)36-43(8,37(50)34(57-25(2)48)32(24)41(45,4)5)30(55-9)20-31-44(36,22-56-31)60-26(3)49/h10-19,29-31,33-36,38,53H,20-23H2,1-9H3/t29?,30?,31?,33?,34?,35?,36?,38?,43-,44+,45?/m1/s1. The number of esters is 4. The van der Waals surface area contributed by atoms with Crippen LogP contribution in [0.25, 0.3) is 0 Å². The van der Waals surface area contributed by atoms with Crippen molar-refractivity contribution in [3.63, 3.8) is 0 Å². The van der Waals surface area contributed by atoms with Gasteiger partial charge in [0.05, 0.1) is 18.3 Å². The van der Waals surface area contributed by atoms with E-state index < -0.39 is 112 Å². The van der Waals surface area contributed by atoms with Crippen molar-refractivity contribution in [3.05, 3.63) is 82.9 Å². The minimum absolute atomic E-state index is 0.0607. The molecular formula is C45H54BNO14. The van der Waals surface area contributed by atoms with Crippen molar-refractivity contribution >= 4 is 36.8 Å². The Labute approximate surface area is 355 Å². The summed E-state index contributed by atoms with van der Waals surface area (Å²) in [5.41, 5.74) is -7.08. The van der Waals surface area contributed by atoms with E-state index >= 15 is 4.79 Å². The van der Waals surface area contributed by atoms with Gasteiger partial charge in [-0.2, -0.15) is 0 Å². The van der Waals surface area contributed by atoms with Crippen LogP contribution in [0, 0.1) is 16.7 Å². The Morgan fingerprint density at radius 2 is 1.56 bits per heavy atom. The average molecular weight is 844 g/mol. The van der Waals surface area contributed by atoms with E-state index in [1.54, 1.807) is 88.9 Å². The molecule has 2 aromatic carbocycles. The van der Waals surface area contributed by atoms with Crippen molar-refractivity contribution in [3.8, 4) is 0 Å². The zero-order valence-electron chi connectivity index (χ0n) is 36.0. The van der Waals surface area contributed by atoms with Crippen LogP contribution in [0.5, 0.6) is 0 Å². The first-order chi connectivity index (χ1) is 28.7. The molecule has 326 valence electrons. The third-order valence-electron chi connectivity index (χ3n) is 14.1. The second-order valence-electron chi connectivity index (χ2n) is 18.0. The average Bonchev–Trinajstić information content (AvgIpc) is 3.47. The van der Waals surface area contributed by atoms with Crippen molar-refractivity contribution < 1.29 is 66.9 Å². The van der Waals surface area contributed by atoms with E-state index in [2.05, 4.69) is 0 Å². The molecule has 11 atom stereocenters. The fraction of sp³-hybridized carbons (Fsp3) is 0.578. The first-order valence-corrected chi connectivity index (χ1v) is 20.6. The molecule has 2 saturated heterocycles. The second kappa shape index (κ2) is 15.9. The number of aliphatic hydroxyl groups is 1. The van der Waals surface area contributed by atoms with Crippen LogP contribution in [0.15, 0.2) is 71.8 Å². The number of Topliss-reactive ketones (excluding diaryl/α,β-unsaturated/α-hetero) is 1. The predicted molar refractivity (Wildman–Crippen MR) is 215 cm³/mol. The number of rotatable bonds is 10. The molecule has 5 aliphatic rings. The van der Waals surface area contributed by atoms with E-state index in [1.165, 1.54) is 14.0 Å². The molecule has 9 unspecified atom stereocenters. The van der Waals surface area contributed by atoms with Crippen molar-refractivity contribution in [2.24, 2.45) is 16.7 Å². The Hall–Kier alpha value is -4.61. The number of carbonyl (C=O) groups is 5. The molecule has 0 amide bonds. The molecule has 2 heterocycles. The Morgan fingerprint density at radius 3 is 2.11 bits per heavy atom. The Balaban J connectivity index is 1.44. The first kappa shape index (κ1) is 44.5. The molecule has 1 N–H and O–H groups in total. The quantitative estimate of drug-likeness (QED) is 0.156. The molecule has 16 heteroatoms.